The molecule has 0 radical (unpaired) electrons. The van der Waals surface area contributed by atoms with Crippen LogP contribution in [-0.2, 0) is 12.8 Å². The number of nitrogens with two attached hydrogens (primary N) is 2. The summed E-state index contributed by atoms with van der Waals surface area (Å²) in [7, 11) is 0. The van der Waals surface area contributed by atoms with Crippen LogP contribution in [0.5, 0.6) is 0 Å². The maximum atomic E-state index is 6.06. The second-order valence-electron chi connectivity index (χ2n) is 17.5. The Hall–Kier alpha value is -8.46. The van der Waals surface area contributed by atoms with Crippen molar-refractivity contribution in [2.45, 2.75) is 19.8 Å². The summed E-state index contributed by atoms with van der Waals surface area (Å²) in [5.41, 5.74) is 35.3. The molecule has 0 aliphatic heterocycles. The van der Waals surface area contributed by atoms with E-state index in [1.807, 2.05) is 36.4 Å². The number of hydrogen-bond donors (Lipinski definition) is 2. The van der Waals surface area contributed by atoms with Crippen LogP contribution in [0.3, 0.4) is 0 Å². The standard InChI is InChI=1S/C51H38.C14H12N2/c1-2-35-13-9-18-38(27-35)42-22-12-24-45(30-42)49-33-47(43-23-11-20-40(29-43)37-16-7-4-8-17-37)34-51-48-31-44(25-26-46(48)32-50(49)51)41-21-10-19-39(28-41)36-14-5-3-6-15-36;15-13-11-7-3-1-5-9(11)10-6-2-4-8-12(10)14(13)16/h3-31,33-34H,2,32H2,1H3;1-8H,15-16H2. The van der Waals surface area contributed by atoms with E-state index in [-0.39, 0.29) is 0 Å². The van der Waals surface area contributed by atoms with E-state index in [9.17, 15) is 0 Å². The molecule has 0 atom stereocenters. The Morgan fingerprint density at radius 2 is 0.687 bits per heavy atom. The monoisotopic (exact) mass is 858 g/mol. The maximum absolute atomic E-state index is 6.06. The van der Waals surface area contributed by atoms with E-state index in [1.165, 1.54) is 94.6 Å². The van der Waals surface area contributed by atoms with Crippen molar-refractivity contribution in [2.24, 2.45) is 0 Å². The molecule has 11 aromatic rings. The predicted molar refractivity (Wildman–Crippen MR) is 287 cm³/mol. The van der Waals surface area contributed by atoms with Gasteiger partial charge in [-0.15, -0.1) is 0 Å². The Balaban J connectivity index is 0.000000259. The minimum absolute atomic E-state index is 0.675. The molecule has 0 saturated heterocycles. The number of rotatable bonds is 7. The van der Waals surface area contributed by atoms with E-state index >= 15 is 0 Å². The lowest BCUT2D eigenvalue weighted by Gasteiger charge is -2.15. The third-order valence-corrected chi connectivity index (χ3v) is 13.5. The molecular weight excluding hydrogens is 809 g/mol. The summed E-state index contributed by atoms with van der Waals surface area (Å²) >= 11 is 0. The summed E-state index contributed by atoms with van der Waals surface area (Å²) in [4.78, 5) is 0. The van der Waals surface area contributed by atoms with Gasteiger partial charge in [0, 0.05) is 10.8 Å². The zero-order chi connectivity index (χ0) is 45.3. The number of benzene rings is 11. The average Bonchev–Trinajstić information content (AvgIpc) is 3.79. The van der Waals surface area contributed by atoms with Gasteiger partial charge in [0.05, 0.1) is 11.4 Å². The van der Waals surface area contributed by atoms with Crippen LogP contribution >= 0.6 is 0 Å². The number of hydrogen-bond acceptors (Lipinski definition) is 2. The largest absolute Gasteiger partial charge is 0.397 e. The van der Waals surface area contributed by atoms with E-state index in [0.29, 0.717) is 11.4 Å². The number of aryl methyl sites for hydroxylation is 1. The quantitative estimate of drug-likeness (QED) is 0.0953. The Morgan fingerprint density at radius 1 is 0.299 bits per heavy atom. The normalized spacial score (nSPS) is 11.5. The van der Waals surface area contributed by atoms with Crippen molar-refractivity contribution in [2.75, 3.05) is 11.5 Å². The van der Waals surface area contributed by atoms with E-state index in [1.54, 1.807) is 0 Å². The van der Waals surface area contributed by atoms with Crippen molar-refractivity contribution in [3.63, 3.8) is 0 Å². The molecule has 2 heteroatoms. The van der Waals surface area contributed by atoms with Gasteiger partial charge in [0.15, 0.2) is 0 Å². The molecule has 0 aromatic heterocycles. The van der Waals surface area contributed by atoms with Crippen LogP contribution in [0, 0.1) is 0 Å². The minimum atomic E-state index is 0.675. The Bertz CT molecular complexity index is 3540. The Labute approximate surface area is 393 Å². The summed E-state index contributed by atoms with van der Waals surface area (Å²) in [6, 6.07) is 85.5. The Morgan fingerprint density at radius 3 is 1.24 bits per heavy atom. The average molecular weight is 859 g/mol. The van der Waals surface area contributed by atoms with Gasteiger partial charge in [-0.2, -0.15) is 0 Å². The molecule has 1 aliphatic rings. The minimum Gasteiger partial charge on any atom is -0.397 e. The van der Waals surface area contributed by atoms with Crippen molar-refractivity contribution in [3.8, 4) is 77.9 Å². The highest BCUT2D eigenvalue weighted by Gasteiger charge is 2.24. The van der Waals surface area contributed by atoms with Crippen LogP contribution < -0.4 is 11.5 Å². The van der Waals surface area contributed by atoms with Gasteiger partial charge in [-0.25, -0.2) is 0 Å². The third-order valence-electron chi connectivity index (χ3n) is 13.5. The van der Waals surface area contributed by atoms with Crippen molar-refractivity contribution in [3.05, 3.63) is 253 Å². The fraction of sp³-hybridized carbons (Fsp3) is 0.0462. The first-order valence-corrected chi connectivity index (χ1v) is 23.2. The SMILES string of the molecule is CCc1cccc(-c2cccc(-c3cc(-c4cccc(-c5ccccc5)c4)cc4c3Cc3ccc(-c5cccc(-c6ccccc6)c5)cc3-4)c2)c1.Nc1c(N)c2ccccc2c2ccccc12. The van der Waals surface area contributed by atoms with Crippen molar-refractivity contribution < 1.29 is 0 Å². The topological polar surface area (TPSA) is 52.0 Å². The molecule has 1 aliphatic carbocycles. The first-order chi connectivity index (χ1) is 33.0. The predicted octanol–water partition coefficient (Wildman–Crippen LogP) is 17.0. The van der Waals surface area contributed by atoms with Gasteiger partial charge in [-0.1, -0.05) is 207 Å². The summed E-state index contributed by atoms with van der Waals surface area (Å²) < 4.78 is 0. The Kier molecular flexibility index (Phi) is 11.0. The van der Waals surface area contributed by atoms with E-state index in [0.717, 1.165) is 34.4 Å². The van der Waals surface area contributed by atoms with Gasteiger partial charge in [-0.3, -0.25) is 0 Å². The van der Waals surface area contributed by atoms with Crippen LogP contribution in [0.15, 0.2) is 237 Å². The van der Waals surface area contributed by atoms with Gasteiger partial charge < -0.3 is 11.5 Å². The summed E-state index contributed by atoms with van der Waals surface area (Å²) in [6.45, 7) is 2.22. The van der Waals surface area contributed by atoms with E-state index in [2.05, 4.69) is 207 Å². The molecule has 11 aromatic carbocycles. The van der Waals surface area contributed by atoms with Crippen LogP contribution in [0.25, 0.3) is 99.4 Å². The van der Waals surface area contributed by atoms with Crippen molar-refractivity contribution in [1.29, 1.82) is 0 Å². The van der Waals surface area contributed by atoms with Crippen molar-refractivity contribution >= 4 is 32.9 Å². The highest BCUT2D eigenvalue weighted by Crippen LogP contribution is 2.47. The van der Waals surface area contributed by atoms with Gasteiger partial charge in [0.25, 0.3) is 0 Å². The second kappa shape index (κ2) is 17.8. The lowest BCUT2D eigenvalue weighted by Crippen LogP contribution is -1.97. The number of nitrogen functional groups attached to an aromatic ring is 2. The fourth-order valence-corrected chi connectivity index (χ4v) is 9.93. The maximum Gasteiger partial charge on any atom is 0.0634 e. The molecule has 0 heterocycles. The molecule has 67 heavy (non-hydrogen) atoms. The van der Waals surface area contributed by atoms with Gasteiger partial charge >= 0.3 is 0 Å². The molecule has 12 rings (SSSR count). The summed E-state index contributed by atoms with van der Waals surface area (Å²) in [5.74, 6) is 0. The van der Waals surface area contributed by atoms with Crippen LogP contribution in [0.2, 0.25) is 0 Å². The molecule has 0 unspecified atom stereocenters. The molecule has 2 nitrogen and oxygen atoms in total. The fourth-order valence-electron chi connectivity index (χ4n) is 9.93. The first kappa shape index (κ1) is 41.3. The lowest BCUT2D eigenvalue weighted by atomic mass is 9.88. The zero-order valence-corrected chi connectivity index (χ0v) is 37.6. The van der Waals surface area contributed by atoms with Crippen LogP contribution in [0.1, 0.15) is 23.6 Å². The van der Waals surface area contributed by atoms with Gasteiger partial charge in [0.2, 0.25) is 0 Å². The third kappa shape index (κ3) is 8.04. The first-order valence-electron chi connectivity index (χ1n) is 23.2. The summed E-state index contributed by atoms with van der Waals surface area (Å²) in [6.07, 6.45) is 1.95. The highest BCUT2D eigenvalue weighted by molar-refractivity contribution is 6.19. The number of fused-ring (bicyclic) bond motifs is 6. The van der Waals surface area contributed by atoms with Crippen molar-refractivity contribution in [1.82, 2.24) is 0 Å². The molecule has 320 valence electrons. The highest BCUT2D eigenvalue weighted by atomic mass is 14.7. The lowest BCUT2D eigenvalue weighted by molar-refractivity contribution is 1.14. The van der Waals surface area contributed by atoms with E-state index < -0.39 is 0 Å². The molecule has 0 amide bonds. The smallest absolute Gasteiger partial charge is 0.0634 e. The molecule has 0 bridgehead atoms. The molecule has 0 fully saturated rings. The molecule has 0 saturated carbocycles. The zero-order valence-electron chi connectivity index (χ0n) is 37.6. The van der Waals surface area contributed by atoms with E-state index in [4.69, 9.17) is 11.5 Å². The van der Waals surface area contributed by atoms with Crippen LogP contribution in [0.4, 0.5) is 11.4 Å². The van der Waals surface area contributed by atoms with Crippen LogP contribution in [-0.4, -0.2) is 0 Å². The summed E-state index contributed by atoms with van der Waals surface area (Å²) in [5, 5.41) is 4.37. The molecule has 4 N–H and O–H groups in total. The van der Waals surface area contributed by atoms with Gasteiger partial charge in [0.1, 0.15) is 0 Å². The van der Waals surface area contributed by atoms with Gasteiger partial charge in [-0.05, 0) is 155 Å². The molecular formula is C65H50N2. The number of anilines is 2. The second-order valence-corrected chi connectivity index (χ2v) is 17.5. The molecule has 0 spiro atoms.